The number of urea groups is 1. The van der Waals surface area contributed by atoms with Crippen molar-refractivity contribution >= 4 is 46.9 Å². The number of non-ortho nitro benzene ring substituents is 1. The molecule has 0 bridgehead atoms. The Bertz CT molecular complexity index is 1390. The highest BCUT2D eigenvalue weighted by Gasteiger charge is 2.38. The van der Waals surface area contributed by atoms with Crippen molar-refractivity contribution in [2.24, 2.45) is 0 Å². The Hall–Kier alpha value is -4.44. The second kappa shape index (κ2) is 8.83. The van der Waals surface area contributed by atoms with Crippen LogP contribution in [0.15, 0.2) is 58.5 Å². The van der Waals surface area contributed by atoms with Crippen molar-refractivity contribution in [1.29, 1.82) is 0 Å². The number of barbiturate groups is 1. The van der Waals surface area contributed by atoms with Crippen molar-refractivity contribution in [1.82, 2.24) is 5.32 Å². The Labute approximate surface area is 197 Å². The number of methoxy groups -OCH3 is 1. The quantitative estimate of drug-likeness (QED) is 0.245. The summed E-state index contributed by atoms with van der Waals surface area (Å²) in [5.41, 5.74) is 0.521. The summed E-state index contributed by atoms with van der Waals surface area (Å²) in [6.45, 7) is 1.64. The summed E-state index contributed by atoms with van der Waals surface area (Å²) in [4.78, 5) is 49.4. The van der Waals surface area contributed by atoms with Crippen molar-refractivity contribution in [2.75, 3.05) is 12.0 Å². The lowest BCUT2D eigenvalue weighted by Crippen LogP contribution is -2.54. The maximum absolute atomic E-state index is 13.1. The SMILES string of the molecule is COc1ccc([N+](=O)[O-])cc1-c1ccc(/C=C2\C(=O)NC(=O)N(c3cccc(Cl)c3C)C2=O)o1. The van der Waals surface area contributed by atoms with Crippen LogP contribution < -0.4 is 15.0 Å². The largest absolute Gasteiger partial charge is 0.496 e. The van der Waals surface area contributed by atoms with E-state index in [4.69, 9.17) is 20.8 Å². The van der Waals surface area contributed by atoms with E-state index in [9.17, 15) is 24.5 Å². The summed E-state index contributed by atoms with van der Waals surface area (Å²) >= 11 is 6.12. The number of nitro groups is 1. The molecule has 0 radical (unpaired) electrons. The lowest BCUT2D eigenvalue weighted by molar-refractivity contribution is -0.384. The fraction of sp³-hybridized carbons (Fsp3) is 0.0870. The van der Waals surface area contributed by atoms with Crippen LogP contribution in [0.2, 0.25) is 5.02 Å². The van der Waals surface area contributed by atoms with Crippen molar-refractivity contribution < 1.29 is 28.5 Å². The molecular formula is C23H16ClN3O7. The van der Waals surface area contributed by atoms with Gasteiger partial charge >= 0.3 is 6.03 Å². The topological polar surface area (TPSA) is 132 Å². The van der Waals surface area contributed by atoms with E-state index < -0.39 is 22.8 Å². The van der Waals surface area contributed by atoms with Crippen molar-refractivity contribution in [2.45, 2.75) is 6.92 Å². The average molecular weight is 482 g/mol. The maximum atomic E-state index is 13.1. The number of nitro benzene ring substituents is 1. The molecule has 0 saturated carbocycles. The van der Waals surface area contributed by atoms with Crippen LogP contribution in [0, 0.1) is 17.0 Å². The Morgan fingerprint density at radius 3 is 2.62 bits per heavy atom. The lowest BCUT2D eigenvalue weighted by atomic mass is 10.1. The molecule has 11 heteroatoms. The molecule has 1 aliphatic rings. The molecule has 0 atom stereocenters. The molecule has 2 heterocycles. The molecule has 4 rings (SSSR count). The number of halogens is 1. The smallest absolute Gasteiger partial charge is 0.335 e. The number of amides is 4. The zero-order chi connectivity index (χ0) is 24.6. The van der Waals surface area contributed by atoms with E-state index in [1.807, 2.05) is 0 Å². The molecule has 0 aliphatic carbocycles. The molecule has 1 fully saturated rings. The highest BCUT2D eigenvalue weighted by molar-refractivity contribution is 6.39. The molecule has 0 spiro atoms. The third kappa shape index (κ3) is 4.02. The molecule has 1 aliphatic heterocycles. The average Bonchev–Trinajstić information content (AvgIpc) is 3.27. The number of ether oxygens (including phenoxy) is 1. The van der Waals surface area contributed by atoms with E-state index in [1.165, 1.54) is 49.6 Å². The molecule has 3 aromatic rings. The lowest BCUT2D eigenvalue weighted by Gasteiger charge is -2.27. The number of furan rings is 1. The highest BCUT2D eigenvalue weighted by atomic mass is 35.5. The van der Waals surface area contributed by atoms with Gasteiger partial charge < -0.3 is 9.15 Å². The second-order valence-electron chi connectivity index (χ2n) is 7.19. The standard InChI is InChI=1S/C23H16ClN3O7/c1-12-17(24)4-3-5-18(12)26-22(29)16(21(28)25-23(26)30)11-14-7-9-20(34-14)15-10-13(27(31)32)6-8-19(15)33-2/h3-11H,1-2H3,(H,25,28,30)/b16-11+. The van der Waals surface area contributed by atoms with E-state index in [1.54, 1.807) is 19.1 Å². The fourth-order valence-electron chi connectivity index (χ4n) is 3.43. The van der Waals surface area contributed by atoms with E-state index in [-0.39, 0.29) is 28.5 Å². The van der Waals surface area contributed by atoms with Gasteiger partial charge in [0, 0.05) is 17.2 Å². The van der Waals surface area contributed by atoms with Crippen LogP contribution >= 0.6 is 11.6 Å². The van der Waals surface area contributed by atoms with Gasteiger partial charge in [-0.05, 0) is 48.9 Å². The van der Waals surface area contributed by atoms with Crippen molar-refractivity contribution in [3.05, 3.63) is 80.6 Å². The molecule has 1 saturated heterocycles. The molecule has 0 unspecified atom stereocenters. The van der Waals surface area contributed by atoms with Gasteiger partial charge in [0.05, 0.1) is 23.3 Å². The Balaban J connectivity index is 1.73. The second-order valence-corrected chi connectivity index (χ2v) is 7.59. The molecule has 172 valence electrons. The first kappa shape index (κ1) is 22.7. The minimum absolute atomic E-state index is 0.110. The summed E-state index contributed by atoms with van der Waals surface area (Å²) in [6, 6.07) is 10.8. The predicted molar refractivity (Wildman–Crippen MR) is 123 cm³/mol. The first-order valence-corrected chi connectivity index (χ1v) is 10.2. The van der Waals surface area contributed by atoms with Crippen LogP contribution in [0.4, 0.5) is 16.2 Å². The first-order chi connectivity index (χ1) is 16.2. The summed E-state index contributed by atoms with van der Waals surface area (Å²) in [6.07, 6.45) is 1.18. The summed E-state index contributed by atoms with van der Waals surface area (Å²) in [7, 11) is 1.41. The van der Waals surface area contributed by atoms with Crippen LogP contribution in [0.3, 0.4) is 0 Å². The number of nitrogens with zero attached hydrogens (tertiary/aromatic N) is 2. The van der Waals surface area contributed by atoms with Crippen LogP contribution in [0.5, 0.6) is 5.75 Å². The molecule has 2 aromatic carbocycles. The normalized spacial score (nSPS) is 15.0. The zero-order valence-corrected chi connectivity index (χ0v) is 18.6. The van der Waals surface area contributed by atoms with Gasteiger partial charge in [-0.3, -0.25) is 25.0 Å². The van der Waals surface area contributed by atoms with Gasteiger partial charge in [-0.25, -0.2) is 9.69 Å². The van der Waals surface area contributed by atoms with Gasteiger partial charge in [-0.15, -0.1) is 0 Å². The van der Waals surface area contributed by atoms with Gasteiger partial charge in [0.15, 0.2) is 0 Å². The monoisotopic (exact) mass is 481 g/mol. The van der Waals surface area contributed by atoms with Gasteiger partial charge in [-0.2, -0.15) is 0 Å². The number of imide groups is 2. The van der Waals surface area contributed by atoms with Crippen LogP contribution in [-0.2, 0) is 9.59 Å². The number of carbonyl (C=O) groups is 3. The number of anilines is 1. The van der Waals surface area contributed by atoms with Gasteiger partial charge in [0.1, 0.15) is 22.8 Å². The van der Waals surface area contributed by atoms with E-state index in [0.717, 1.165) is 4.90 Å². The third-order valence-electron chi connectivity index (χ3n) is 5.15. The predicted octanol–water partition coefficient (Wildman–Crippen LogP) is 4.49. The number of benzene rings is 2. The van der Waals surface area contributed by atoms with Gasteiger partial charge in [-0.1, -0.05) is 17.7 Å². The van der Waals surface area contributed by atoms with Gasteiger partial charge in [0.25, 0.3) is 17.5 Å². The maximum Gasteiger partial charge on any atom is 0.335 e. The van der Waals surface area contributed by atoms with Crippen molar-refractivity contribution in [3.8, 4) is 17.1 Å². The van der Waals surface area contributed by atoms with Crippen LogP contribution in [-0.4, -0.2) is 29.9 Å². The fourth-order valence-corrected chi connectivity index (χ4v) is 3.60. The molecule has 10 nitrogen and oxygen atoms in total. The Morgan fingerprint density at radius 2 is 1.91 bits per heavy atom. The van der Waals surface area contributed by atoms with E-state index in [0.29, 0.717) is 21.9 Å². The number of nitrogens with one attached hydrogen (secondary N) is 1. The third-order valence-corrected chi connectivity index (χ3v) is 5.56. The molecule has 34 heavy (non-hydrogen) atoms. The van der Waals surface area contributed by atoms with Gasteiger partial charge in [0.2, 0.25) is 0 Å². The van der Waals surface area contributed by atoms with E-state index in [2.05, 4.69) is 5.32 Å². The van der Waals surface area contributed by atoms with Crippen LogP contribution in [0.25, 0.3) is 17.4 Å². The number of hydrogen-bond acceptors (Lipinski definition) is 7. The zero-order valence-electron chi connectivity index (χ0n) is 17.8. The summed E-state index contributed by atoms with van der Waals surface area (Å²) in [5, 5.41) is 13.6. The highest BCUT2D eigenvalue weighted by Crippen LogP contribution is 2.35. The van der Waals surface area contributed by atoms with E-state index >= 15 is 0 Å². The molecule has 1 aromatic heterocycles. The van der Waals surface area contributed by atoms with Crippen LogP contribution in [0.1, 0.15) is 11.3 Å². The minimum Gasteiger partial charge on any atom is -0.496 e. The Kier molecular flexibility index (Phi) is 5.91. The number of hydrogen-bond donors (Lipinski definition) is 1. The number of rotatable bonds is 5. The first-order valence-electron chi connectivity index (χ1n) is 9.80. The number of carbonyl (C=O) groups excluding carboxylic acids is 3. The molecule has 1 N–H and O–H groups in total. The van der Waals surface area contributed by atoms with Crippen molar-refractivity contribution in [3.63, 3.8) is 0 Å². The minimum atomic E-state index is -0.904. The summed E-state index contributed by atoms with van der Waals surface area (Å²) in [5.74, 6) is -1.09. The molecule has 4 amide bonds. The molecular weight excluding hydrogens is 466 g/mol. The Morgan fingerprint density at radius 1 is 1.15 bits per heavy atom. The summed E-state index contributed by atoms with van der Waals surface area (Å²) < 4.78 is 11.0.